The molecule has 1 N–H and O–H groups in total. The van der Waals surface area contributed by atoms with Crippen LogP contribution < -0.4 is 19.6 Å². The van der Waals surface area contributed by atoms with Crippen molar-refractivity contribution in [1.82, 2.24) is 5.43 Å². The molecule has 0 spiro atoms. The summed E-state index contributed by atoms with van der Waals surface area (Å²) >= 11 is 9.38. The Bertz CT molecular complexity index is 1150. The number of rotatable bonds is 10. The van der Waals surface area contributed by atoms with E-state index in [-0.39, 0.29) is 18.4 Å². The molecule has 0 radical (unpaired) electrons. The van der Waals surface area contributed by atoms with Crippen molar-refractivity contribution in [1.29, 1.82) is 0 Å². The monoisotopic (exact) mass is 544 g/mol. The summed E-state index contributed by atoms with van der Waals surface area (Å²) in [4.78, 5) is 12.2. The van der Waals surface area contributed by atoms with Crippen LogP contribution in [0.1, 0.15) is 36.5 Å². The van der Waals surface area contributed by atoms with Crippen molar-refractivity contribution in [3.8, 4) is 17.2 Å². The van der Waals surface area contributed by atoms with Crippen molar-refractivity contribution in [3.05, 3.63) is 86.8 Å². The van der Waals surface area contributed by atoms with E-state index in [4.69, 9.17) is 25.8 Å². The molecular weight excluding hydrogens is 520 g/mol. The first-order chi connectivity index (χ1) is 16.4. The van der Waals surface area contributed by atoms with Crippen LogP contribution in [0.25, 0.3) is 0 Å². The molecule has 0 aliphatic rings. The molecule has 0 bridgehead atoms. The minimum atomic E-state index is -0.358. The van der Waals surface area contributed by atoms with E-state index < -0.39 is 0 Å². The number of hydrazone groups is 1. The van der Waals surface area contributed by atoms with E-state index in [9.17, 15) is 4.79 Å². The molecule has 0 atom stereocenters. The van der Waals surface area contributed by atoms with Crippen LogP contribution >= 0.6 is 27.5 Å². The van der Waals surface area contributed by atoms with Gasteiger partial charge in [-0.1, -0.05) is 53.5 Å². The van der Waals surface area contributed by atoms with Crippen LogP contribution in [-0.2, 0) is 11.4 Å². The molecule has 0 aromatic heterocycles. The number of carbonyl (C=O) groups excluding carboxylic acids is 1. The zero-order valence-corrected chi connectivity index (χ0v) is 21.5. The summed E-state index contributed by atoms with van der Waals surface area (Å²) < 4.78 is 17.9. The van der Waals surface area contributed by atoms with E-state index >= 15 is 0 Å². The van der Waals surface area contributed by atoms with Crippen molar-refractivity contribution in [2.45, 2.75) is 26.4 Å². The van der Waals surface area contributed by atoms with Crippen LogP contribution in [0.5, 0.6) is 17.2 Å². The molecule has 3 rings (SSSR count). The third-order valence-corrected chi connectivity index (χ3v) is 5.60. The number of nitrogens with one attached hydrogen (secondary N) is 1. The minimum absolute atomic E-state index is 0.139. The smallest absolute Gasteiger partial charge is 0.277 e. The van der Waals surface area contributed by atoms with Gasteiger partial charge >= 0.3 is 0 Å². The minimum Gasteiger partial charge on any atom is -0.493 e. The molecule has 0 saturated heterocycles. The summed E-state index contributed by atoms with van der Waals surface area (Å²) in [5, 5.41) is 4.69. The number of nitrogens with zero attached hydrogens (tertiary/aromatic N) is 1. The lowest BCUT2D eigenvalue weighted by molar-refractivity contribution is -0.123. The predicted molar refractivity (Wildman–Crippen MR) is 138 cm³/mol. The normalized spacial score (nSPS) is 11.0. The Labute approximate surface area is 213 Å². The SMILES string of the molecule is COc1cc(/C=N/NC(=O)COc2ccc(Br)cc2C(C)C)ccc1OCc1ccc(Cl)cc1. The summed E-state index contributed by atoms with van der Waals surface area (Å²) in [6, 6.07) is 18.6. The van der Waals surface area contributed by atoms with E-state index in [0.717, 1.165) is 21.2 Å². The highest BCUT2D eigenvalue weighted by molar-refractivity contribution is 9.10. The first kappa shape index (κ1) is 25.6. The molecule has 0 saturated carbocycles. The van der Waals surface area contributed by atoms with E-state index in [2.05, 4.69) is 40.3 Å². The van der Waals surface area contributed by atoms with Gasteiger partial charge in [-0.05, 0) is 71.1 Å². The molecule has 1 amide bonds. The third-order valence-electron chi connectivity index (χ3n) is 4.85. The van der Waals surface area contributed by atoms with Crippen LogP contribution in [0.4, 0.5) is 0 Å². The fourth-order valence-electron chi connectivity index (χ4n) is 3.08. The number of carbonyl (C=O) groups is 1. The molecule has 8 heteroatoms. The van der Waals surface area contributed by atoms with Crippen LogP contribution in [-0.4, -0.2) is 25.8 Å². The second kappa shape index (κ2) is 12.4. The summed E-state index contributed by atoms with van der Waals surface area (Å²) in [6.45, 7) is 4.38. The van der Waals surface area contributed by atoms with Crippen LogP contribution in [0.2, 0.25) is 5.02 Å². The number of amides is 1. The maximum atomic E-state index is 12.2. The average Bonchev–Trinajstić information content (AvgIpc) is 2.83. The predicted octanol–water partition coefficient (Wildman–Crippen LogP) is 6.34. The molecular formula is C26H26BrClN2O4. The van der Waals surface area contributed by atoms with Gasteiger partial charge in [0.25, 0.3) is 5.91 Å². The Hall–Kier alpha value is -3.03. The van der Waals surface area contributed by atoms with Gasteiger partial charge in [0.05, 0.1) is 13.3 Å². The van der Waals surface area contributed by atoms with Gasteiger partial charge in [-0.15, -0.1) is 0 Å². The van der Waals surface area contributed by atoms with Crippen molar-refractivity contribution in [2.24, 2.45) is 5.10 Å². The Kier molecular flexibility index (Phi) is 9.36. The second-order valence-electron chi connectivity index (χ2n) is 7.74. The van der Waals surface area contributed by atoms with Gasteiger partial charge in [-0.3, -0.25) is 4.79 Å². The Morgan fingerprint density at radius 1 is 1.03 bits per heavy atom. The Balaban J connectivity index is 1.54. The number of halogens is 2. The Morgan fingerprint density at radius 2 is 1.76 bits per heavy atom. The molecule has 3 aromatic rings. The molecule has 0 heterocycles. The summed E-state index contributed by atoms with van der Waals surface area (Å²) in [7, 11) is 1.57. The maximum Gasteiger partial charge on any atom is 0.277 e. The van der Waals surface area contributed by atoms with Crippen molar-refractivity contribution >= 4 is 39.7 Å². The summed E-state index contributed by atoms with van der Waals surface area (Å²) in [6.07, 6.45) is 1.53. The van der Waals surface area contributed by atoms with Gasteiger partial charge in [-0.2, -0.15) is 5.10 Å². The number of hydrogen-bond donors (Lipinski definition) is 1. The third kappa shape index (κ3) is 7.50. The lowest BCUT2D eigenvalue weighted by Gasteiger charge is -2.14. The average molecular weight is 546 g/mol. The number of methoxy groups -OCH3 is 1. The van der Waals surface area contributed by atoms with E-state index in [1.807, 2.05) is 48.5 Å². The fourth-order valence-corrected chi connectivity index (χ4v) is 3.59. The van der Waals surface area contributed by atoms with Crippen molar-refractivity contribution < 1.29 is 19.0 Å². The largest absolute Gasteiger partial charge is 0.493 e. The van der Waals surface area contributed by atoms with Gasteiger partial charge in [0.2, 0.25) is 0 Å². The van der Waals surface area contributed by atoms with Gasteiger partial charge in [0.15, 0.2) is 18.1 Å². The Morgan fingerprint density at radius 3 is 2.47 bits per heavy atom. The fraction of sp³-hybridized carbons (Fsp3) is 0.231. The van der Waals surface area contributed by atoms with Crippen molar-refractivity contribution in [2.75, 3.05) is 13.7 Å². The first-order valence-electron chi connectivity index (χ1n) is 10.6. The second-order valence-corrected chi connectivity index (χ2v) is 9.10. The van der Waals surface area contributed by atoms with E-state index in [1.165, 1.54) is 6.21 Å². The first-order valence-corrected chi connectivity index (χ1v) is 11.8. The standard InChI is InChI=1S/C26H26BrClN2O4/c1-17(2)22-13-20(27)7-11-23(22)34-16-26(31)30-29-14-19-6-10-24(25(12-19)32-3)33-15-18-4-8-21(28)9-5-18/h4-14,17H,15-16H2,1-3H3,(H,30,31)/b29-14+. The van der Waals surface area contributed by atoms with Gasteiger partial charge < -0.3 is 14.2 Å². The van der Waals surface area contributed by atoms with E-state index in [0.29, 0.717) is 28.9 Å². The molecule has 0 unspecified atom stereocenters. The zero-order chi connectivity index (χ0) is 24.5. The van der Waals surface area contributed by atoms with Crippen LogP contribution in [0.15, 0.2) is 70.2 Å². The van der Waals surface area contributed by atoms with E-state index in [1.54, 1.807) is 19.2 Å². The summed E-state index contributed by atoms with van der Waals surface area (Å²) in [5.74, 6) is 1.74. The lowest BCUT2D eigenvalue weighted by atomic mass is 10.0. The summed E-state index contributed by atoms with van der Waals surface area (Å²) in [5.41, 5.74) is 5.24. The molecule has 6 nitrogen and oxygen atoms in total. The molecule has 0 aliphatic carbocycles. The lowest BCUT2D eigenvalue weighted by Crippen LogP contribution is -2.24. The molecule has 34 heavy (non-hydrogen) atoms. The number of hydrogen-bond acceptors (Lipinski definition) is 5. The highest BCUT2D eigenvalue weighted by Crippen LogP contribution is 2.30. The van der Waals surface area contributed by atoms with Crippen molar-refractivity contribution in [3.63, 3.8) is 0 Å². The highest BCUT2D eigenvalue weighted by atomic mass is 79.9. The molecule has 178 valence electrons. The van der Waals surface area contributed by atoms with Crippen LogP contribution in [0.3, 0.4) is 0 Å². The number of benzene rings is 3. The molecule has 0 fully saturated rings. The highest BCUT2D eigenvalue weighted by Gasteiger charge is 2.11. The van der Waals surface area contributed by atoms with Crippen LogP contribution in [0, 0.1) is 0 Å². The van der Waals surface area contributed by atoms with Gasteiger partial charge in [-0.25, -0.2) is 5.43 Å². The van der Waals surface area contributed by atoms with Gasteiger partial charge in [0.1, 0.15) is 12.4 Å². The number of ether oxygens (including phenoxy) is 3. The zero-order valence-electron chi connectivity index (χ0n) is 19.2. The topological polar surface area (TPSA) is 69.2 Å². The van der Waals surface area contributed by atoms with Gasteiger partial charge in [0, 0.05) is 9.50 Å². The maximum absolute atomic E-state index is 12.2. The molecule has 0 aliphatic heterocycles. The molecule has 3 aromatic carbocycles. The quantitative estimate of drug-likeness (QED) is 0.238.